The molecule has 0 saturated carbocycles. The monoisotopic (exact) mass is 314 g/mol. The molecular weight excluding hydrogens is 291 g/mol. The second-order valence-corrected chi connectivity index (χ2v) is 7.22. The summed E-state index contributed by atoms with van der Waals surface area (Å²) in [6, 6.07) is 0. The molecule has 2 N–H and O–H groups in total. The summed E-state index contributed by atoms with van der Waals surface area (Å²) < 4.78 is 11.6. The Morgan fingerprint density at radius 1 is 1.33 bits per heavy atom. The van der Waals surface area contributed by atoms with E-state index in [1.165, 1.54) is 11.3 Å². The van der Waals surface area contributed by atoms with Crippen LogP contribution < -0.4 is 9.68 Å². The highest BCUT2D eigenvalue weighted by molar-refractivity contribution is 7.25. The van der Waals surface area contributed by atoms with E-state index in [1.54, 1.807) is 33.9 Å². The molecule has 8 heteroatoms. The number of ether oxygens (including phenoxy) is 1. The quantitative estimate of drug-likeness (QED) is 0.758. The van der Waals surface area contributed by atoms with E-state index < -0.39 is 18.3 Å². The first kappa shape index (κ1) is 16.7. The van der Waals surface area contributed by atoms with Crippen LogP contribution in [0.25, 0.3) is 0 Å². The van der Waals surface area contributed by atoms with Gasteiger partial charge >= 0.3 is 7.12 Å². The normalized spacial score (nSPS) is 17.1. The van der Waals surface area contributed by atoms with Crippen LogP contribution in [0.3, 0.4) is 0 Å². The Bertz CT molecular complexity index is 469. The Hall–Kier alpha value is -0.665. The summed E-state index contributed by atoms with van der Waals surface area (Å²) in [5.74, 6) is 0. The maximum absolute atomic E-state index is 10.2. The number of nitrogens with zero attached hydrogens (tertiary/aromatic N) is 2. The maximum Gasteiger partial charge on any atom is 0.504 e. The van der Waals surface area contributed by atoms with Gasteiger partial charge in [0.15, 0.2) is 5.13 Å². The van der Waals surface area contributed by atoms with Gasteiger partial charge in [0.2, 0.25) is 0 Å². The van der Waals surface area contributed by atoms with Crippen molar-refractivity contribution in [3.05, 3.63) is 6.20 Å². The third-order valence-corrected chi connectivity index (χ3v) is 5.00. The summed E-state index contributed by atoms with van der Waals surface area (Å²) >= 11 is 1.40. The van der Waals surface area contributed by atoms with Crippen LogP contribution in [0, 0.1) is 0 Å². The van der Waals surface area contributed by atoms with Crippen molar-refractivity contribution in [1.82, 2.24) is 4.98 Å². The average molecular weight is 314 g/mol. The molecule has 6 nitrogen and oxygen atoms in total. The lowest BCUT2D eigenvalue weighted by atomic mass is 9.82. The number of aromatic nitrogens is 1. The van der Waals surface area contributed by atoms with Gasteiger partial charge in [-0.3, -0.25) is 0 Å². The van der Waals surface area contributed by atoms with Gasteiger partial charge in [-0.05, 0) is 27.7 Å². The molecule has 1 fully saturated rings. The molecule has 2 heterocycles. The molecule has 0 radical (unpaired) electrons. The van der Waals surface area contributed by atoms with Gasteiger partial charge in [0, 0.05) is 19.3 Å². The minimum atomic E-state index is -1.10. The van der Waals surface area contributed by atoms with Gasteiger partial charge in [0.1, 0.15) is 0 Å². The molecule has 1 aromatic rings. The largest absolute Gasteiger partial charge is 0.504 e. The SMILES string of the molecule is CC(C)(O)C(C)(C)OB(O)c1cnc(N2CCOCC2)s1. The number of rotatable bonds is 5. The van der Waals surface area contributed by atoms with Crippen molar-refractivity contribution < 1.29 is 19.5 Å². The van der Waals surface area contributed by atoms with Crippen LogP contribution in [-0.2, 0) is 9.39 Å². The van der Waals surface area contributed by atoms with Gasteiger partial charge < -0.3 is 24.4 Å². The third kappa shape index (κ3) is 3.95. The Morgan fingerprint density at radius 2 is 1.95 bits per heavy atom. The molecule has 0 bridgehead atoms. The molecule has 0 amide bonds. The summed E-state index contributed by atoms with van der Waals surface area (Å²) in [5, 5.41) is 21.2. The fourth-order valence-corrected chi connectivity index (χ4v) is 2.66. The van der Waals surface area contributed by atoms with E-state index >= 15 is 0 Å². The van der Waals surface area contributed by atoms with Crippen LogP contribution in [0.4, 0.5) is 5.13 Å². The molecule has 2 rings (SSSR count). The van der Waals surface area contributed by atoms with Gasteiger partial charge in [-0.1, -0.05) is 0 Å². The molecule has 0 aromatic carbocycles. The number of anilines is 1. The number of thiazole rings is 1. The van der Waals surface area contributed by atoms with Crippen molar-refractivity contribution in [2.24, 2.45) is 0 Å². The molecule has 21 heavy (non-hydrogen) atoms. The molecule has 0 unspecified atom stereocenters. The van der Waals surface area contributed by atoms with E-state index in [-0.39, 0.29) is 0 Å². The lowest BCUT2D eigenvalue weighted by Crippen LogP contribution is -2.52. The smallest absolute Gasteiger partial charge is 0.422 e. The van der Waals surface area contributed by atoms with E-state index in [0.717, 1.165) is 18.2 Å². The molecule has 0 aliphatic carbocycles. The van der Waals surface area contributed by atoms with Gasteiger partial charge in [0.25, 0.3) is 0 Å². The minimum absolute atomic E-state index is 0.633. The zero-order valence-electron chi connectivity index (χ0n) is 13.0. The van der Waals surface area contributed by atoms with Crippen molar-refractivity contribution in [3.8, 4) is 0 Å². The lowest BCUT2D eigenvalue weighted by molar-refractivity contribution is -0.0981. The first-order valence-electron chi connectivity index (χ1n) is 7.07. The summed E-state index contributed by atoms with van der Waals surface area (Å²) in [7, 11) is -1.10. The summed E-state index contributed by atoms with van der Waals surface area (Å²) in [6.07, 6.45) is 1.63. The number of aliphatic hydroxyl groups is 1. The zero-order valence-corrected chi connectivity index (χ0v) is 13.8. The standard InChI is InChI=1S/C13H23BN2O4S/c1-12(2,17)13(3,4)20-14(18)10-9-15-11(21-10)16-5-7-19-8-6-16/h9,17-18H,5-8H2,1-4H3. The van der Waals surface area contributed by atoms with Crippen molar-refractivity contribution in [1.29, 1.82) is 0 Å². The fourth-order valence-electron chi connectivity index (χ4n) is 1.77. The van der Waals surface area contributed by atoms with Crippen LogP contribution in [-0.4, -0.2) is 59.7 Å². The molecule has 0 atom stereocenters. The highest BCUT2D eigenvalue weighted by Crippen LogP contribution is 2.26. The van der Waals surface area contributed by atoms with Crippen LogP contribution in [0.2, 0.25) is 0 Å². The maximum atomic E-state index is 10.2. The minimum Gasteiger partial charge on any atom is -0.422 e. The van der Waals surface area contributed by atoms with Gasteiger partial charge in [-0.2, -0.15) is 0 Å². The van der Waals surface area contributed by atoms with Gasteiger partial charge in [-0.25, -0.2) is 4.98 Å². The summed E-state index contributed by atoms with van der Waals surface area (Å²) in [6.45, 7) is 9.81. The van der Waals surface area contributed by atoms with Crippen molar-refractivity contribution in [2.75, 3.05) is 31.2 Å². The number of hydrogen-bond acceptors (Lipinski definition) is 7. The van der Waals surface area contributed by atoms with E-state index in [0.29, 0.717) is 18.0 Å². The van der Waals surface area contributed by atoms with Crippen LogP contribution in [0.5, 0.6) is 0 Å². The molecule has 1 saturated heterocycles. The first-order chi connectivity index (χ1) is 9.71. The number of hydrogen-bond donors (Lipinski definition) is 2. The fraction of sp³-hybridized carbons (Fsp3) is 0.769. The molecule has 1 aliphatic heterocycles. The van der Waals surface area contributed by atoms with Crippen LogP contribution in [0.1, 0.15) is 27.7 Å². The second-order valence-electron chi connectivity index (χ2n) is 6.18. The van der Waals surface area contributed by atoms with E-state index in [4.69, 9.17) is 9.39 Å². The van der Waals surface area contributed by atoms with Crippen molar-refractivity contribution in [2.45, 2.75) is 38.9 Å². The van der Waals surface area contributed by atoms with Gasteiger partial charge in [0.05, 0.1) is 29.2 Å². The van der Waals surface area contributed by atoms with E-state index in [1.807, 2.05) is 0 Å². The van der Waals surface area contributed by atoms with Crippen molar-refractivity contribution >= 4 is 28.4 Å². The summed E-state index contributed by atoms with van der Waals surface area (Å²) in [5.41, 5.74) is -1.94. The van der Waals surface area contributed by atoms with Crippen LogP contribution >= 0.6 is 11.3 Å². The molecule has 1 aromatic heterocycles. The average Bonchev–Trinajstić information content (AvgIpc) is 2.87. The topological polar surface area (TPSA) is 75.0 Å². The predicted octanol–water partition coefficient (Wildman–Crippen LogP) is 0.233. The highest BCUT2D eigenvalue weighted by atomic mass is 32.1. The second kappa shape index (κ2) is 6.22. The van der Waals surface area contributed by atoms with Crippen molar-refractivity contribution in [3.63, 3.8) is 0 Å². The number of morpholine rings is 1. The summed E-state index contributed by atoms with van der Waals surface area (Å²) in [4.78, 5) is 6.47. The Labute approximate surface area is 129 Å². The zero-order chi connectivity index (χ0) is 15.7. The van der Waals surface area contributed by atoms with E-state index in [9.17, 15) is 10.1 Å². The third-order valence-electron chi connectivity index (χ3n) is 3.92. The molecule has 1 aliphatic rings. The Kier molecular flexibility index (Phi) is 4.94. The van der Waals surface area contributed by atoms with Crippen LogP contribution in [0.15, 0.2) is 6.20 Å². The molecule has 118 valence electrons. The Morgan fingerprint density at radius 3 is 2.52 bits per heavy atom. The van der Waals surface area contributed by atoms with Gasteiger partial charge in [-0.15, -0.1) is 11.3 Å². The highest BCUT2D eigenvalue weighted by Gasteiger charge is 2.40. The van der Waals surface area contributed by atoms with E-state index in [2.05, 4.69) is 9.88 Å². The Balaban J connectivity index is 2.03. The predicted molar refractivity (Wildman–Crippen MR) is 84.2 cm³/mol. The lowest BCUT2D eigenvalue weighted by Gasteiger charge is -2.38. The molecular formula is C13H23BN2O4S. The first-order valence-corrected chi connectivity index (χ1v) is 7.89. The molecule has 0 spiro atoms.